The number of aromatic nitrogens is 2. The molecule has 1 rings (SSSR count). The maximum atomic E-state index is 5.46. The molecule has 0 N–H and O–H groups in total. The zero-order valence-electron chi connectivity index (χ0n) is 6.48. The van der Waals surface area contributed by atoms with Crippen LogP contribution in [0, 0.1) is 0 Å². The average molecular weight is 201 g/mol. The summed E-state index contributed by atoms with van der Waals surface area (Å²) in [5, 5.41) is 0.990. The van der Waals surface area contributed by atoms with E-state index in [4.69, 9.17) is 11.6 Å². The lowest BCUT2D eigenvalue weighted by Gasteiger charge is -1.93. The molecule has 64 valence electrons. The second kappa shape index (κ2) is 6.03. The van der Waals surface area contributed by atoms with Gasteiger partial charge in [0.25, 0.3) is 0 Å². The molecule has 0 aliphatic heterocycles. The molecular weight excluding hydrogens is 192 g/mol. The Labute approximate surface area is 81.1 Å². The molecule has 0 saturated heterocycles. The van der Waals surface area contributed by atoms with Gasteiger partial charge in [-0.2, -0.15) is 0 Å². The summed E-state index contributed by atoms with van der Waals surface area (Å²) in [5.41, 5.74) is 0. The van der Waals surface area contributed by atoms with Crippen LogP contribution in [-0.4, -0.2) is 21.6 Å². The molecule has 0 atom stereocenters. The Bertz CT molecular complexity index is 238. The van der Waals surface area contributed by atoms with Gasteiger partial charge in [-0.3, -0.25) is 0 Å². The van der Waals surface area contributed by atoms with E-state index >= 15 is 0 Å². The Morgan fingerprint density at radius 3 is 3.08 bits per heavy atom. The first-order valence-electron chi connectivity index (χ1n) is 3.53. The maximum absolute atomic E-state index is 5.46. The lowest BCUT2D eigenvalue weighted by Crippen LogP contribution is -1.80. The van der Waals surface area contributed by atoms with E-state index in [1.165, 1.54) is 0 Å². The van der Waals surface area contributed by atoms with E-state index in [0.29, 0.717) is 5.88 Å². The third-order valence-electron chi connectivity index (χ3n) is 1.14. The summed E-state index contributed by atoms with van der Waals surface area (Å²) in [5.74, 6) is 1.48. The summed E-state index contributed by atoms with van der Waals surface area (Å²) >= 11 is 7.13. The van der Waals surface area contributed by atoms with E-state index in [1.807, 2.05) is 18.2 Å². The van der Waals surface area contributed by atoms with Crippen LogP contribution >= 0.6 is 23.4 Å². The van der Waals surface area contributed by atoms with Crippen molar-refractivity contribution in [2.45, 2.75) is 5.03 Å². The number of alkyl halides is 1. The first-order chi connectivity index (χ1) is 5.93. The molecule has 0 amide bonds. The van der Waals surface area contributed by atoms with Gasteiger partial charge in [-0.25, -0.2) is 9.97 Å². The topological polar surface area (TPSA) is 25.8 Å². The van der Waals surface area contributed by atoms with Gasteiger partial charge >= 0.3 is 0 Å². The summed E-state index contributed by atoms with van der Waals surface area (Å²) in [4.78, 5) is 7.89. The quantitative estimate of drug-likeness (QED) is 0.323. The molecule has 0 saturated carbocycles. The number of hydrogen-bond acceptors (Lipinski definition) is 3. The van der Waals surface area contributed by atoms with Crippen molar-refractivity contribution in [2.24, 2.45) is 0 Å². The largest absolute Gasteiger partial charge is 0.245 e. The third-order valence-corrected chi connectivity index (χ3v) is 2.21. The van der Waals surface area contributed by atoms with Gasteiger partial charge in [-0.15, -0.1) is 23.4 Å². The molecule has 0 spiro atoms. The van der Waals surface area contributed by atoms with Gasteiger partial charge in [-0.1, -0.05) is 12.2 Å². The predicted molar refractivity (Wildman–Crippen MR) is 52.6 cm³/mol. The van der Waals surface area contributed by atoms with Crippen LogP contribution in [0.25, 0.3) is 0 Å². The van der Waals surface area contributed by atoms with Crippen molar-refractivity contribution in [3.05, 3.63) is 30.7 Å². The van der Waals surface area contributed by atoms with Crippen molar-refractivity contribution in [1.82, 2.24) is 9.97 Å². The fraction of sp³-hybridized carbons (Fsp3) is 0.250. The fourth-order valence-corrected chi connectivity index (χ4v) is 1.44. The van der Waals surface area contributed by atoms with Gasteiger partial charge in [0.15, 0.2) is 0 Å². The van der Waals surface area contributed by atoms with Crippen LogP contribution in [-0.2, 0) is 0 Å². The molecule has 0 aromatic carbocycles. The molecule has 4 heteroatoms. The lowest BCUT2D eigenvalue weighted by atomic mass is 10.6. The van der Waals surface area contributed by atoms with E-state index < -0.39 is 0 Å². The van der Waals surface area contributed by atoms with Crippen molar-refractivity contribution in [3.63, 3.8) is 0 Å². The number of hydrogen-bond donors (Lipinski definition) is 0. The minimum absolute atomic E-state index is 0.574. The van der Waals surface area contributed by atoms with Crippen LogP contribution in [0.4, 0.5) is 0 Å². The number of allylic oxidation sites excluding steroid dienone is 1. The summed E-state index contributed by atoms with van der Waals surface area (Å²) in [7, 11) is 0. The van der Waals surface area contributed by atoms with E-state index in [0.717, 1.165) is 10.8 Å². The predicted octanol–water partition coefficient (Wildman–Crippen LogP) is 2.36. The molecule has 0 aliphatic carbocycles. The average Bonchev–Trinajstić information content (AvgIpc) is 2.14. The molecule has 0 unspecified atom stereocenters. The van der Waals surface area contributed by atoms with Crippen molar-refractivity contribution < 1.29 is 0 Å². The Kier molecular flexibility index (Phi) is 4.80. The lowest BCUT2D eigenvalue weighted by molar-refractivity contribution is 1.05. The number of thioether (sulfide) groups is 1. The Morgan fingerprint density at radius 2 is 2.42 bits per heavy atom. The monoisotopic (exact) mass is 200 g/mol. The Balaban J connectivity index is 2.29. The fourth-order valence-electron chi connectivity index (χ4n) is 0.628. The van der Waals surface area contributed by atoms with Crippen LogP contribution in [0.15, 0.2) is 35.8 Å². The van der Waals surface area contributed by atoms with Crippen molar-refractivity contribution >= 4 is 23.4 Å². The molecule has 0 bridgehead atoms. The molecule has 12 heavy (non-hydrogen) atoms. The van der Waals surface area contributed by atoms with Gasteiger partial charge < -0.3 is 0 Å². The SMILES string of the molecule is ClCC=CCSc1ccncn1. The maximum Gasteiger partial charge on any atom is 0.116 e. The second-order valence-corrected chi connectivity index (χ2v) is 3.33. The van der Waals surface area contributed by atoms with Gasteiger partial charge in [0.1, 0.15) is 6.33 Å². The summed E-state index contributed by atoms with van der Waals surface area (Å²) < 4.78 is 0. The van der Waals surface area contributed by atoms with Crippen molar-refractivity contribution in [3.8, 4) is 0 Å². The van der Waals surface area contributed by atoms with Crippen LogP contribution in [0.2, 0.25) is 0 Å². The zero-order valence-corrected chi connectivity index (χ0v) is 8.05. The highest BCUT2D eigenvalue weighted by Gasteiger charge is 1.89. The van der Waals surface area contributed by atoms with E-state index in [-0.39, 0.29) is 0 Å². The highest BCUT2D eigenvalue weighted by molar-refractivity contribution is 7.99. The van der Waals surface area contributed by atoms with Crippen LogP contribution < -0.4 is 0 Å². The third kappa shape index (κ3) is 3.74. The van der Waals surface area contributed by atoms with E-state index in [2.05, 4.69) is 9.97 Å². The van der Waals surface area contributed by atoms with Gasteiger partial charge in [0, 0.05) is 17.8 Å². The zero-order chi connectivity index (χ0) is 8.65. The molecule has 1 aromatic rings. The first kappa shape index (κ1) is 9.55. The highest BCUT2D eigenvalue weighted by atomic mass is 35.5. The standard InChI is InChI=1S/C8H9ClN2S/c9-4-1-2-6-12-8-3-5-10-7-11-8/h1-3,5,7H,4,6H2. The van der Waals surface area contributed by atoms with Crippen LogP contribution in [0.1, 0.15) is 0 Å². The van der Waals surface area contributed by atoms with Gasteiger partial charge in [0.05, 0.1) is 5.03 Å². The van der Waals surface area contributed by atoms with Gasteiger partial charge in [0.2, 0.25) is 0 Å². The summed E-state index contributed by atoms with van der Waals surface area (Å²) in [6.07, 6.45) is 7.24. The van der Waals surface area contributed by atoms with E-state index in [1.54, 1.807) is 24.3 Å². The van der Waals surface area contributed by atoms with Crippen molar-refractivity contribution in [1.29, 1.82) is 0 Å². The second-order valence-electron chi connectivity index (χ2n) is 1.98. The number of halogens is 1. The highest BCUT2D eigenvalue weighted by Crippen LogP contribution is 2.12. The molecule has 0 fully saturated rings. The number of nitrogens with zero attached hydrogens (tertiary/aromatic N) is 2. The van der Waals surface area contributed by atoms with Crippen molar-refractivity contribution in [2.75, 3.05) is 11.6 Å². The Morgan fingerprint density at radius 1 is 1.50 bits per heavy atom. The smallest absolute Gasteiger partial charge is 0.116 e. The molecule has 1 aromatic heterocycles. The molecule has 2 nitrogen and oxygen atoms in total. The molecule has 0 radical (unpaired) electrons. The minimum atomic E-state index is 0.574. The van der Waals surface area contributed by atoms with Gasteiger partial charge in [-0.05, 0) is 6.07 Å². The Hall–Kier alpha value is -0.540. The number of rotatable bonds is 4. The summed E-state index contributed by atoms with van der Waals surface area (Å²) in [6, 6.07) is 1.89. The van der Waals surface area contributed by atoms with Crippen LogP contribution in [0.3, 0.4) is 0 Å². The first-order valence-corrected chi connectivity index (χ1v) is 5.05. The molecular formula is C8H9ClN2S. The van der Waals surface area contributed by atoms with Crippen LogP contribution in [0.5, 0.6) is 0 Å². The normalized spacial score (nSPS) is 10.8. The summed E-state index contributed by atoms with van der Waals surface area (Å²) in [6.45, 7) is 0. The molecule has 1 heterocycles. The van der Waals surface area contributed by atoms with E-state index in [9.17, 15) is 0 Å². The molecule has 0 aliphatic rings. The minimum Gasteiger partial charge on any atom is -0.245 e.